The number of hydrogen-bond donors (Lipinski definition) is 0. The smallest absolute Gasteiger partial charge is 0.231 e. The lowest BCUT2D eigenvalue weighted by molar-refractivity contribution is -0.143. The van der Waals surface area contributed by atoms with Crippen molar-refractivity contribution in [3.63, 3.8) is 0 Å². The van der Waals surface area contributed by atoms with Gasteiger partial charge in [-0.3, -0.25) is 14.5 Å². The average Bonchev–Trinajstić information content (AvgIpc) is 3.21. The van der Waals surface area contributed by atoms with Gasteiger partial charge in [0.1, 0.15) is 5.78 Å². The Morgan fingerprint density at radius 1 is 1.16 bits per heavy atom. The standard InChI is InChI=1S/C19H24N2O4/c1-19(5-4-15(22)11-19)18(23)21-8-6-20(7-9-21)12-14-2-3-16-17(10-14)25-13-24-16/h2-3,10H,4-9,11-13H2,1H3. The van der Waals surface area contributed by atoms with Crippen molar-refractivity contribution >= 4 is 11.7 Å². The van der Waals surface area contributed by atoms with Crippen molar-refractivity contribution in [1.82, 2.24) is 9.80 Å². The Labute approximate surface area is 147 Å². The molecule has 1 saturated carbocycles. The van der Waals surface area contributed by atoms with Gasteiger partial charge in [-0.1, -0.05) is 13.0 Å². The highest BCUT2D eigenvalue weighted by atomic mass is 16.7. The lowest BCUT2D eigenvalue weighted by atomic mass is 9.87. The van der Waals surface area contributed by atoms with Crippen molar-refractivity contribution < 1.29 is 19.1 Å². The Bertz CT molecular complexity index is 697. The minimum atomic E-state index is -0.476. The molecule has 0 radical (unpaired) electrons. The maximum atomic E-state index is 12.8. The number of carbonyl (C=O) groups excluding carboxylic acids is 2. The van der Waals surface area contributed by atoms with Crippen molar-refractivity contribution in [2.24, 2.45) is 5.41 Å². The van der Waals surface area contributed by atoms with Gasteiger partial charge < -0.3 is 14.4 Å². The largest absolute Gasteiger partial charge is 0.454 e. The van der Waals surface area contributed by atoms with Gasteiger partial charge in [0.05, 0.1) is 5.41 Å². The molecule has 0 spiro atoms. The molecule has 1 unspecified atom stereocenters. The zero-order chi connectivity index (χ0) is 17.4. The highest BCUT2D eigenvalue weighted by Crippen LogP contribution is 2.37. The minimum absolute atomic E-state index is 0.154. The van der Waals surface area contributed by atoms with Crippen molar-refractivity contribution in [3.05, 3.63) is 23.8 Å². The predicted molar refractivity (Wildman–Crippen MR) is 91.4 cm³/mol. The Hall–Kier alpha value is -2.08. The normalized spacial score (nSPS) is 26.3. The van der Waals surface area contributed by atoms with E-state index < -0.39 is 5.41 Å². The van der Waals surface area contributed by atoms with E-state index in [1.165, 1.54) is 5.56 Å². The number of fused-ring (bicyclic) bond motifs is 1. The molecule has 1 aliphatic carbocycles. The van der Waals surface area contributed by atoms with Crippen molar-refractivity contribution in [2.45, 2.75) is 32.7 Å². The van der Waals surface area contributed by atoms with Gasteiger partial charge in [0.25, 0.3) is 0 Å². The molecule has 1 saturated heterocycles. The summed E-state index contributed by atoms with van der Waals surface area (Å²) < 4.78 is 10.8. The lowest BCUT2D eigenvalue weighted by Crippen LogP contribution is -2.52. The van der Waals surface area contributed by atoms with Crippen LogP contribution in [0.25, 0.3) is 0 Å². The quantitative estimate of drug-likeness (QED) is 0.837. The first-order valence-corrected chi connectivity index (χ1v) is 8.95. The fourth-order valence-electron chi connectivity index (χ4n) is 4.00. The number of amides is 1. The Morgan fingerprint density at radius 3 is 2.64 bits per heavy atom. The van der Waals surface area contributed by atoms with Gasteiger partial charge >= 0.3 is 0 Å². The molecule has 0 aromatic heterocycles. The van der Waals surface area contributed by atoms with E-state index in [-0.39, 0.29) is 11.7 Å². The third kappa shape index (κ3) is 3.23. The molecule has 1 aromatic carbocycles. The van der Waals surface area contributed by atoms with Gasteiger partial charge in [0, 0.05) is 45.6 Å². The second-order valence-electron chi connectivity index (χ2n) is 7.53. The van der Waals surface area contributed by atoms with Gasteiger partial charge in [-0.25, -0.2) is 0 Å². The maximum absolute atomic E-state index is 12.8. The third-order valence-electron chi connectivity index (χ3n) is 5.56. The minimum Gasteiger partial charge on any atom is -0.454 e. The molecule has 25 heavy (non-hydrogen) atoms. The molecule has 2 heterocycles. The fraction of sp³-hybridized carbons (Fsp3) is 0.579. The van der Waals surface area contributed by atoms with Crippen LogP contribution in [0.3, 0.4) is 0 Å². The SMILES string of the molecule is CC1(C(=O)N2CCN(Cc3ccc4c(c3)OCO4)CC2)CCC(=O)C1. The van der Waals surface area contributed by atoms with E-state index in [1.807, 2.05) is 24.0 Å². The summed E-state index contributed by atoms with van der Waals surface area (Å²) in [4.78, 5) is 28.7. The van der Waals surface area contributed by atoms with Crippen LogP contribution in [0.5, 0.6) is 11.5 Å². The zero-order valence-corrected chi connectivity index (χ0v) is 14.6. The summed E-state index contributed by atoms with van der Waals surface area (Å²) in [5.74, 6) is 1.99. The highest BCUT2D eigenvalue weighted by Gasteiger charge is 2.43. The molecule has 3 aliphatic rings. The third-order valence-corrected chi connectivity index (χ3v) is 5.56. The predicted octanol–water partition coefficient (Wildman–Crippen LogP) is 1.82. The van der Waals surface area contributed by atoms with Crippen LogP contribution >= 0.6 is 0 Å². The van der Waals surface area contributed by atoms with Gasteiger partial charge in [-0.15, -0.1) is 0 Å². The second-order valence-corrected chi connectivity index (χ2v) is 7.53. The summed E-state index contributed by atoms with van der Waals surface area (Å²) in [6.45, 7) is 6.24. The van der Waals surface area contributed by atoms with Crippen molar-refractivity contribution in [3.8, 4) is 11.5 Å². The number of ether oxygens (including phenoxy) is 2. The monoisotopic (exact) mass is 344 g/mol. The van der Waals surface area contributed by atoms with E-state index in [1.54, 1.807) is 0 Å². The van der Waals surface area contributed by atoms with E-state index >= 15 is 0 Å². The summed E-state index contributed by atoms with van der Waals surface area (Å²) in [5, 5.41) is 0. The lowest BCUT2D eigenvalue weighted by Gasteiger charge is -2.38. The van der Waals surface area contributed by atoms with E-state index in [0.717, 1.165) is 44.2 Å². The topological polar surface area (TPSA) is 59.1 Å². The molecule has 1 aromatic rings. The fourth-order valence-corrected chi connectivity index (χ4v) is 4.00. The van der Waals surface area contributed by atoms with Crippen LogP contribution in [0.15, 0.2) is 18.2 Å². The summed E-state index contributed by atoms with van der Waals surface area (Å²) in [6, 6.07) is 6.05. The zero-order valence-electron chi connectivity index (χ0n) is 14.6. The highest BCUT2D eigenvalue weighted by molar-refractivity contribution is 5.92. The first-order chi connectivity index (χ1) is 12.0. The first-order valence-electron chi connectivity index (χ1n) is 8.95. The van der Waals surface area contributed by atoms with Gasteiger partial charge in [-0.05, 0) is 24.1 Å². The van der Waals surface area contributed by atoms with Crippen LogP contribution in [-0.2, 0) is 16.1 Å². The van der Waals surface area contributed by atoms with Crippen LogP contribution in [-0.4, -0.2) is 54.5 Å². The van der Waals surface area contributed by atoms with Crippen LogP contribution in [0.1, 0.15) is 31.7 Å². The van der Waals surface area contributed by atoms with E-state index in [0.29, 0.717) is 26.1 Å². The molecule has 6 heteroatoms. The number of ketones is 1. The molecule has 134 valence electrons. The number of piperazine rings is 1. The molecular weight excluding hydrogens is 320 g/mol. The van der Waals surface area contributed by atoms with Gasteiger partial charge in [-0.2, -0.15) is 0 Å². The number of carbonyl (C=O) groups is 2. The maximum Gasteiger partial charge on any atom is 0.231 e. The number of nitrogens with zero attached hydrogens (tertiary/aromatic N) is 2. The Kier molecular flexibility index (Phi) is 4.15. The molecule has 0 bridgehead atoms. The molecule has 2 fully saturated rings. The van der Waals surface area contributed by atoms with Gasteiger partial charge in [0.15, 0.2) is 11.5 Å². The summed E-state index contributed by atoms with van der Waals surface area (Å²) >= 11 is 0. The van der Waals surface area contributed by atoms with E-state index in [9.17, 15) is 9.59 Å². The summed E-state index contributed by atoms with van der Waals surface area (Å²) in [6.07, 6.45) is 1.65. The number of hydrogen-bond acceptors (Lipinski definition) is 5. The number of rotatable bonds is 3. The summed E-state index contributed by atoms with van der Waals surface area (Å²) in [7, 11) is 0. The average molecular weight is 344 g/mol. The second kappa shape index (κ2) is 6.33. The van der Waals surface area contributed by atoms with Crippen LogP contribution in [0.4, 0.5) is 0 Å². The molecule has 2 aliphatic heterocycles. The van der Waals surface area contributed by atoms with Gasteiger partial charge in [0.2, 0.25) is 12.7 Å². The molecule has 6 nitrogen and oxygen atoms in total. The number of Topliss-reactive ketones (excluding diaryl/α,β-unsaturated/α-hetero) is 1. The summed E-state index contributed by atoms with van der Waals surface area (Å²) in [5.41, 5.74) is 0.716. The molecule has 4 rings (SSSR count). The van der Waals surface area contributed by atoms with Crippen LogP contribution < -0.4 is 9.47 Å². The van der Waals surface area contributed by atoms with E-state index in [4.69, 9.17) is 9.47 Å². The molecule has 1 amide bonds. The molecular formula is C19H24N2O4. The number of benzene rings is 1. The molecule has 1 atom stereocenters. The van der Waals surface area contributed by atoms with E-state index in [2.05, 4.69) is 11.0 Å². The first kappa shape index (κ1) is 16.4. The van der Waals surface area contributed by atoms with Crippen LogP contribution in [0.2, 0.25) is 0 Å². The van der Waals surface area contributed by atoms with Crippen molar-refractivity contribution in [2.75, 3.05) is 33.0 Å². The van der Waals surface area contributed by atoms with Crippen LogP contribution in [0, 0.1) is 5.41 Å². The molecule has 0 N–H and O–H groups in total. The Balaban J connectivity index is 1.32. The Morgan fingerprint density at radius 2 is 1.92 bits per heavy atom. The van der Waals surface area contributed by atoms with Crippen molar-refractivity contribution in [1.29, 1.82) is 0 Å².